The highest BCUT2D eigenvalue weighted by Gasteiger charge is 2.64. The zero-order valence-electron chi connectivity index (χ0n) is 18.1. The average molecular weight is 494 g/mol. The maximum atomic E-state index is 13.7. The number of hydrogen-bond donors (Lipinski definition) is 0. The first kappa shape index (κ1) is 21.3. The SMILES string of the molecule is O=C1CC[C@@]2(C(=O)OCc3csc(-c4ccccc4Cl)n3)N1c1ccccc1C(=O)N2C1CC1. The van der Waals surface area contributed by atoms with E-state index in [9.17, 15) is 14.4 Å². The molecule has 172 valence electrons. The van der Waals surface area contributed by atoms with E-state index in [0.29, 0.717) is 22.0 Å². The van der Waals surface area contributed by atoms with Crippen LogP contribution < -0.4 is 4.90 Å². The monoisotopic (exact) mass is 493 g/mol. The minimum atomic E-state index is -1.45. The summed E-state index contributed by atoms with van der Waals surface area (Å²) in [6, 6.07) is 14.3. The maximum Gasteiger partial charge on any atom is 0.354 e. The van der Waals surface area contributed by atoms with Crippen LogP contribution in [0.5, 0.6) is 0 Å². The summed E-state index contributed by atoms with van der Waals surface area (Å²) < 4.78 is 5.76. The zero-order valence-corrected chi connectivity index (χ0v) is 19.6. The van der Waals surface area contributed by atoms with Crippen LogP contribution in [0.4, 0.5) is 5.69 Å². The second kappa shape index (κ2) is 7.92. The third-order valence-electron chi connectivity index (χ3n) is 6.55. The van der Waals surface area contributed by atoms with Gasteiger partial charge in [-0.05, 0) is 31.0 Å². The predicted molar refractivity (Wildman–Crippen MR) is 127 cm³/mol. The van der Waals surface area contributed by atoms with E-state index in [4.69, 9.17) is 16.3 Å². The van der Waals surface area contributed by atoms with Crippen molar-refractivity contribution in [3.8, 4) is 10.6 Å². The fourth-order valence-corrected chi connectivity index (χ4v) is 6.02. The second-order valence-electron chi connectivity index (χ2n) is 8.67. The van der Waals surface area contributed by atoms with Gasteiger partial charge in [0.05, 0.1) is 22.0 Å². The molecule has 3 aliphatic rings. The summed E-state index contributed by atoms with van der Waals surface area (Å²) in [4.78, 5) is 47.8. The van der Waals surface area contributed by atoms with Gasteiger partial charge in [-0.2, -0.15) is 0 Å². The molecule has 9 heteroatoms. The Kier molecular flexibility index (Phi) is 4.97. The third kappa shape index (κ3) is 3.16. The molecule has 2 amide bonds. The van der Waals surface area contributed by atoms with E-state index in [1.807, 2.05) is 23.6 Å². The number of thiazole rings is 1. The first-order valence-corrected chi connectivity index (χ1v) is 12.4. The van der Waals surface area contributed by atoms with Gasteiger partial charge in [-0.3, -0.25) is 14.5 Å². The third-order valence-corrected chi connectivity index (χ3v) is 7.80. The Labute approximate surface area is 204 Å². The van der Waals surface area contributed by atoms with E-state index < -0.39 is 11.6 Å². The molecular formula is C25H20ClN3O4S. The molecule has 34 heavy (non-hydrogen) atoms. The molecule has 1 aromatic heterocycles. The van der Waals surface area contributed by atoms with Gasteiger partial charge in [-0.25, -0.2) is 9.78 Å². The summed E-state index contributed by atoms with van der Waals surface area (Å²) in [5.74, 6) is -1.01. The smallest absolute Gasteiger partial charge is 0.354 e. The van der Waals surface area contributed by atoms with Crippen LogP contribution in [0.1, 0.15) is 41.7 Å². The van der Waals surface area contributed by atoms with E-state index in [1.54, 1.807) is 35.2 Å². The Morgan fingerprint density at radius 1 is 1.12 bits per heavy atom. The first-order chi connectivity index (χ1) is 16.5. The molecule has 2 fully saturated rings. The summed E-state index contributed by atoms with van der Waals surface area (Å²) in [6.45, 7) is -0.0576. The lowest BCUT2D eigenvalue weighted by molar-refractivity contribution is -0.159. The van der Waals surface area contributed by atoms with Crippen LogP contribution in [0, 0.1) is 0 Å². The molecule has 1 aliphatic carbocycles. The Balaban J connectivity index is 1.31. The van der Waals surface area contributed by atoms with Crippen molar-refractivity contribution in [2.75, 3.05) is 4.90 Å². The molecule has 2 aromatic carbocycles. The van der Waals surface area contributed by atoms with E-state index in [2.05, 4.69) is 4.98 Å². The van der Waals surface area contributed by atoms with Crippen molar-refractivity contribution >= 4 is 46.4 Å². The van der Waals surface area contributed by atoms with Gasteiger partial charge in [-0.1, -0.05) is 41.9 Å². The lowest BCUT2D eigenvalue weighted by Gasteiger charge is -2.48. The highest BCUT2D eigenvalue weighted by atomic mass is 35.5. The van der Waals surface area contributed by atoms with E-state index in [0.717, 1.165) is 23.4 Å². The van der Waals surface area contributed by atoms with Gasteiger partial charge in [0.15, 0.2) is 0 Å². The zero-order chi connectivity index (χ0) is 23.4. The predicted octanol–water partition coefficient (Wildman–Crippen LogP) is 4.65. The van der Waals surface area contributed by atoms with E-state index >= 15 is 0 Å². The van der Waals surface area contributed by atoms with Crippen LogP contribution >= 0.6 is 22.9 Å². The van der Waals surface area contributed by atoms with Crippen molar-refractivity contribution in [3.63, 3.8) is 0 Å². The van der Waals surface area contributed by atoms with Crippen molar-refractivity contribution in [1.82, 2.24) is 9.88 Å². The molecule has 7 nitrogen and oxygen atoms in total. The molecule has 1 saturated carbocycles. The molecule has 1 atom stereocenters. The van der Waals surface area contributed by atoms with Crippen molar-refractivity contribution in [1.29, 1.82) is 0 Å². The molecule has 6 rings (SSSR count). The summed E-state index contributed by atoms with van der Waals surface area (Å²) in [7, 11) is 0. The molecule has 3 heterocycles. The molecule has 2 aliphatic heterocycles. The van der Waals surface area contributed by atoms with Crippen molar-refractivity contribution in [2.24, 2.45) is 0 Å². The minimum absolute atomic E-state index is 0.0576. The number of ether oxygens (including phenoxy) is 1. The van der Waals surface area contributed by atoms with Gasteiger partial charge in [0, 0.05) is 29.8 Å². The molecule has 0 N–H and O–H groups in total. The number of carbonyl (C=O) groups is 3. The Morgan fingerprint density at radius 3 is 2.62 bits per heavy atom. The number of rotatable bonds is 5. The van der Waals surface area contributed by atoms with Gasteiger partial charge >= 0.3 is 5.97 Å². The molecule has 1 saturated heterocycles. The lowest BCUT2D eigenvalue weighted by atomic mass is 9.96. The highest BCUT2D eigenvalue weighted by Crippen LogP contribution is 2.49. The van der Waals surface area contributed by atoms with Crippen molar-refractivity contribution in [2.45, 2.75) is 44.0 Å². The van der Waals surface area contributed by atoms with Gasteiger partial charge in [-0.15, -0.1) is 11.3 Å². The lowest BCUT2D eigenvalue weighted by Crippen LogP contribution is -2.69. The number of halogens is 1. The standard InChI is InChI=1S/C25H20ClN3O4S/c26-19-7-3-1-5-17(19)22-27-15(14-34-22)13-33-24(32)25-12-11-21(30)29(25)20-8-4-2-6-18(20)23(31)28(25)16-9-10-16/h1-8,14,16H,9-13H2/t25-/m0/s1. The number of carbonyl (C=O) groups excluding carboxylic acids is 3. The number of anilines is 1. The summed E-state index contributed by atoms with van der Waals surface area (Å²) in [5, 5.41) is 3.15. The van der Waals surface area contributed by atoms with Crippen molar-refractivity contribution < 1.29 is 19.1 Å². The number of hydrogen-bond acceptors (Lipinski definition) is 6. The number of esters is 1. The summed E-state index contributed by atoms with van der Waals surface area (Å²) in [6.07, 6.45) is 1.99. The molecule has 0 radical (unpaired) electrons. The van der Waals surface area contributed by atoms with Gasteiger partial charge in [0.1, 0.15) is 11.6 Å². The minimum Gasteiger partial charge on any atom is -0.456 e. The van der Waals surface area contributed by atoms with Crippen LogP contribution in [0.2, 0.25) is 5.02 Å². The number of amides is 2. The number of aromatic nitrogens is 1. The van der Waals surface area contributed by atoms with Gasteiger partial charge < -0.3 is 9.64 Å². The van der Waals surface area contributed by atoms with E-state index in [1.165, 1.54) is 16.2 Å². The maximum absolute atomic E-state index is 13.7. The largest absolute Gasteiger partial charge is 0.456 e. The van der Waals surface area contributed by atoms with Crippen LogP contribution in [-0.2, 0) is 20.9 Å². The Hall–Kier alpha value is -3.23. The van der Waals surface area contributed by atoms with E-state index in [-0.39, 0.29) is 37.3 Å². The number of benzene rings is 2. The normalized spacial score (nSPS) is 21.4. The number of nitrogens with zero attached hydrogens (tertiary/aromatic N) is 3. The Bertz CT molecular complexity index is 1340. The van der Waals surface area contributed by atoms with Crippen LogP contribution in [0.15, 0.2) is 53.9 Å². The van der Waals surface area contributed by atoms with Crippen molar-refractivity contribution in [3.05, 3.63) is 70.2 Å². The molecular weight excluding hydrogens is 474 g/mol. The topological polar surface area (TPSA) is 79.8 Å². The molecule has 0 unspecified atom stereocenters. The summed E-state index contributed by atoms with van der Waals surface area (Å²) in [5.41, 5.74) is 0.856. The molecule has 0 spiro atoms. The highest BCUT2D eigenvalue weighted by molar-refractivity contribution is 7.13. The van der Waals surface area contributed by atoms with Crippen LogP contribution in [0.3, 0.4) is 0 Å². The second-order valence-corrected chi connectivity index (χ2v) is 9.93. The van der Waals surface area contributed by atoms with Gasteiger partial charge in [0.25, 0.3) is 5.91 Å². The first-order valence-electron chi connectivity index (χ1n) is 11.1. The average Bonchev–Trinajstić information content (AvgIpc) is 3.45. The van der Waals surface area contributed by atoms with Crippen LogP contribution in [0.25, 0.3) is 10.6 Å². The summed E-state index contributed by atoms with van der Waals surface area (Å²) >= 11 is 7.70. The Morgan fingerprint density at radius 2 is 1.85 bits per heavy atom. The number of para-hydroxylation sites is 1. The fraction of sp³-hybridized carbons (Fsp3) is 0.280. The molecule has 0 bridgehead atoms. The quantitative estimate of drug-likeness (QED) is 0.483. The fourth-order valence-electron chi connectivity index (χ4n) is 4.90. The van der Waals surface area contributed by atoms with Crippen LogP contribution in [-0.4, -0.2) is 39.4 Å². The molecule has 3 aromatic rings. The van der Waals surface area contributed by atoms with Gasteiger partial charge in [0.2, 0.25) is 11.6 Å². The number of fused-ring (bicyclic) bond motifs is 3.